The van der Waals surface area contributed by atoms with Gasteiger partial charge in [-0.3, -0.25) is 4.72 Å². The average Bonchev–Trinajstić information content (AvgIpc) is 2.60. The summed E-state index contributed by atoms with van der Waals surface area (Å²) >= 11 is 0. The molecule has 0 amide bonds. The molecule has 0 saturated heterocycles. The molecule has 0 aromatic heterocycles. The monoisotopic (exact) mass is 385 g/mol. The Morgan fingerprint density at radius 1 is 1.12 bits per heavy atom. The first-order valence-corrected chi connectivity index (χ1v) is 8.67. The van der Waals surface area contributed by atoms with Crippen LogP contribution < -0.4 is 4.72 Å². The molecule has 0 unspecified atom stereocenters. The van der Waals surface area contributed by atoms with Crippen LogP contribution in [-0.4, -0.2) is 21.5 Å². The molecule has 0 aliphatic rings. The van der Waals surface area contributed by atoms with Crippen LogP contribution in [0, 0.1) is 0 Å². The quantitative estimate of drug-likeness (QED) is 0.629. The van der Waals surface area contributed by atoms with Gasteiger partial charge in [0.2, 0.25) is 0 Å². The lowest BCUT2D eigenvalue weighted by atomic mass is 10.1. The number of methoxy groups -OCH3 is 1. The van der Waals surface area contributed by atoms with Crippen molar-refractivity contribution in [1.82, 2.24) is 0 Å². The molecule has 5 nitrogen and oxygen atoms in total. The highest BCUT2D eigenvalue weighted by molar-refractivity contribution is 7.92. The lowest BCUT2D eigenvalue weighted by molar-refractivity contribution is -0.137. The van der Waals surface area contributed by atoms with Gasteiger partial charge in [-0.05, 0) is 42.0 Å². The van der Waals surface area contributed by atoms with Gasteiger partial charge < -0.3 is 4.74 Å². The van der Waals surface area contributed by atoms with Gasteiger partial charge >= 0.3 is 12.1 Å². The van der Waals surface area contributed by atoms with Crippen LogP contribution in [0.2, 0.25) is 0 Å². The van der Waals surface area contributed by atoms with Gasteiger partial charge in [0, 0.05) is 6.08 Å². The molecular weight excluding hydrogens is 371 g/mol. The van der Waals surface area contributed by atoms with E-state index in [2.05, 4.69) is 9.46 Å². The van der Waals surface area contributed by atoms with Crippen LogP contribution in [0.1, 0.15) is 11.1 Å². The number of hydrogen-bond donors (Lipinski definition) is 1. The van der Waals surface area contributed by atoms with Gasteiger partial charge in [0.05, 0.1) is 23.3 Å². The molecule has 0 atom stereocenters. The van der Waals surface area contributed by atoms with Crippen LogP contribution in [0.15, 0.2) is 59.5 Å². The number of carbonyl (C=O) groups excluding carboxylic acids is 1. The molecule has 1 N–H and O–H groups in total. The molecule has 138 valence electrons. The number of alkyl halides is 3. The first kappa shape index (κ1) is 19.5. The number of hydrogen-bond acceptors (Lipinski definition) is 4. The molecule has 0 fully saturated rings. The highest BCUT2D eigenvalue weighted by atomic mass is 32.2. The number of halogens is 3. The molecular formula is C17H14F3NO4S. The van der Waals surface area contributed by atoms with E-state index in [1.807, 2.05) is 0 Å². The van der Waals surface area contributed by atoms with Crippen LogP contribution >= 0.6 is 0 Å². The molecule has 26 heavy (non-hydrogen) atoms. The number of nitrogens with one attached hydrogen (secondary N) is 1. The number of ether oxygens (including phenoxy) is 1. The van der Waals surface area contributed by atoms with Crippen molar-refractivity contribution in [2.45, 2.75) is 11.1 Å². The van der Waals surface area contributed by atoms with Crippen molar-refractivity contribution in [1.29, 1.82) is 0 Å². The smallest absolute Gasteiger partial charge is 0.416 e. The van der Waals surface area contributed by atoms with Crippen molar-refractivity contribution in [3.8, 4) is 0 Å². The second-order valence-corrected chi connectivity index (χ2v) is 6.76. The SMILES string of the molecule is COC(=O)/C=C/c1cc(C(F)(F)F)ccc1NS(=O)(=O)c1ccccc1. The van der Waals surface area contributed by atoms with E-state index in [0.717, 1.165) is 37.5 Å². The van der Waals surface area contributed by atoms with Crippen molar-refractivity contribution in [2.75, 3.05) is 11.8 Å². The lowest BCUT2D eigenvalue weighted by Gasteiger charge is -2.13. The van der Waals surface area contributed by atoms with Crippen molar-refractivity contribution >= 4 is 27.8 Å². The second kappa shape index (κ2) is 7.61. The first-order chi connectivity index (χ1) is 12.1. The molecule has 0 aliphatic heterocycles. The van der Waals surface area contributed by atoms with Crippen LogP contribution in [0.25, 0.3) is 6.08 Å². The normalized spacial score (nSPS) is 12.2. The van der Waals surface area contributed by atoms with Crippen molar-refractivity contribution in [2.24, 2.45) is 0 Å². The minimum absolute atomic E-state index is 0.0530. The molecule has 0 aliphatic carbocycles. The Kier molecular flexibility index (Phi) is 5.71. The fraction of sp³-hybridized carbons (Fsp3) is 0.118. The summed E-state index contributed by atoms with van der Waals surface area (Å²) in [4.78, 5) is 11.2. The number of esters is 1. The Morgan fingerprint density at radius 2 is 1.77 bits per heavy atom. The first-order valence-electron chi connectivity index (χ1n) is 7.18. The van der Waals surface area contributed by atoms with Crippen molar-refractivity contribution < 1.29 is 31.1 Å². The average molecular weight is 385 g/mol. The molecule has 2 aromatic carbocycles. The maximum atomic E-state index is 12.9. The van der Waals surface area contributed by atoms with E-state index in [0.29, 0.717) is 0 Å². The third-order valence-electron chi connectivity index (χ3n) is 3.28. The summed E-state index contributed by atoms with van der Waals surface area (Å²) < 4.78 is 70.1. The highest BCUT2D eigenvalue weighted by Crippen LogP contribution is 2.33. The molecule has 0 bridgehead atoms. The Morgan fingerprint density at radius 3 is 2.35 bits per heavy atom. The predicted molar refractivity (Wildman–Crippen MR) is 89.7 cm³/mol. The number of rotatable bonds is 5. The zero-order chi connectivity index (χ0) is 19.4. The molecule has 9 heteroatoms. The zero-order valence-corrected chi connectivity index (χ0v) is 14.3. The standard InChI is InChI=1S/C17H14F3NO4S/c1-25-16(22)10-7-12-11-13(17(18,19)20)8-9-15(12)21-26(23,24)14-5-3-2-4-6-14/h2-11,21H,1H3/b10-7+. The minimum Gasteiger partial charge on any atom is -0.466 e. The van der Waals surface area contributed by atoms with Crippen LogP contribution in [0.4, 0.5) is 18.9 Å². The van der Waals surface area contributed by atoms with Gasteiger partial charge in [-0.2, -0.15) is 13.2 Å². The minimum atomic E-state index is -4.62. The molecule has 0 heterocycles. The maximum Gasteiger partial charge on any atom is 0.416 e. The molecule has 0 saturated carbocycles. The predicted octanol–water partition coefficient (Wildman–Crippen LogP) is 3.69. The van der Waals surface area contributed by atoms with E-state index in [1.54, 1.807) is 6.07 Å². The van der Waals surface area contributed by atoms with Crippen LogP contribution in [0.5, 0.6) is 0 Å². The Hall–Kier alpha value is -2.81. The van der Waals surface area contributed by atoms with E-state index in [1.165, 1.54) is 24.3 Å². The maximum absolute atomic E-state index is 12.9. The molecule has 2 aromatic rings. The molecule has 0 spiro atoms. The summed E-state index contributed by atoms with van der Waals surface area (Å²) in [6.45, 7) is 0. The lowest BCUT2D eigenvalue weighted by Crippen LogP contribution is -2.14. The summed E-state index contributed by atoms with van der Waals surface area (Å²) in [5.41, 5.74) is -1.23. The fourth-order valence-corrected chi connectivity index (χ4v) is 3.11. The Balaban J connectivity index is 2.47. The Labute approximate surface area is 148 Å². The van der Waals surface area contributed by atoms with Gasteiger partial charge in [0.15, 0.2) is 0 Å². The molecule has 2 rings (SSSR count). The topological polar surface area (TPSA) is 72.5 Å². The summed E-state index contributed by atoms with van der Waals surface area (Å²) in [7, 11) is -2.90. The highest BCUT2D eigenvalue weighted by Gasteiger charge is 2.31. The summed E-state index contributed by atoms with van der Waals surface area (Å²) in [6.07, 6.45) is -2.68. The van der Waals surface area contributed by atoms with E-state index in [4.69, 9.17) is 0 Å². The van der Waals surface area contributed by atoms with Gasteiger partial charge in [0.25, 0.3) is 10.0 Å². The third-order valence-corrected chi connectivity index (χ3v) is 4.66. The van der Waals surface area contributed by atoms with Crippen molar-refractivity contribution in [3.05, 3.63) is 65.7 Å². The second-order valence-electron chi connectivity index (χ2n) is 5.07. The third kappa shape index (κ3) is 4.85. The summed E-state index contributed by atoms with van der Waals surface area (Å²) in [5, 5.41) is 0. The van der Waals surface area contributed by atoms with E-state index in [9.17, 15) is 26.4 Å². The Bertz CT molecular complexity index is 923. The number of benzene rings is 2. The van der Waals surface area contributed by atoms with E-state index >= 15 is 0 Å². The summed E-state index contributed by atoms with van der Waals surface area (Å²) in [5.74, 6) is -0.792. The largest absolute Gasteiger partial charge is 0.466 e. The van der Waals surface area contributed by atoms with Gasteiger partial charge in [-0.1, -0.05) is 18.2 Å². The van der Waals surface area contributed by atoms with Crippen LogP contribution in [0.3, 0.4) is 0 Å². The van der Waals surface area contributed by atoms with E-state index in [-0.39, 0.29) is 16.1 Å². The fourth-order valence-electron chi connectivity index (χ4n) is 2.00. The van der Waals surface area contributed by atoms with Gasteiger partial charge in [-0.25, -0.2) is 13.2 Å². The zero-order valence-electron chi connectivity index (χ0n) is 13.4. The van der Waals surface area contributed by atoms with E-state index < -0.39 is 27.7 Å². The van der Waals surface area contributed by atoms with Gasteiger partial charge in [-0.15, -0.1) is 0 Å². The summed E-state index contributed by atoms with van der Waals surface area (Å²) in [6, 6.07) is 9.81. The molecule has 0 radical (unpaired) electrons. The number of carbonyl (C=O) groups is 1. The van der Waals surface area contributed by atoms with Gasteiger partial charge in [0.1, 0.15) is 0 Å². The van der Waals surface area contributed by atoms with Crippen molar-refractivity contribution in [3.63, 3.8) is 0 Å². The van der Waals surface area contributed by atoms with Crippen LogP contribution in [-0.2, 0) is 25.7 Å². The number of anilines is 1. The number of sulfonamides is 1.